The molecule has 1 N–H and O–H groups in total. The van der Waals surface area contributed by atoms with Crippen molar-refractivity contribution in [1.82, 2.24) is 15.3 Å². The second kappa shape index (κ2) is 3.62. The number of piperidine rings is 1. The van der Waals surface area contributed by atoms with E-state index in [-0.39, 0.29) is 0 Å². The molecule has 15 heavy (non-hydrogen) atoms. The summed E-state index contributed by atoms with van der Waals surface area (Å²) in [6.07, 6.45) is 4.09. The van der Waals surface area contributed by atoms with Crippen molar-refractivity contribution >= 4 is 11.2 Å². The van der Waals surface area contributed by atoms with Crippen LogP contribution in [0.1, 0.15) is 24.7 Å². The summed E-state index contributed by atoms with van der Waals surface area (Å²) in [4.78, 5) is 8.59. The lowest BCUT2D eigenvalue weighted by molar-refractivity contribution is 0.387. The Kier molecular flexibility index (Phi) is 2.14. The van der Waals surface area contributed by atoms with Crippen LogP contribution in [0.25, 0.3) is 11.2 Å². The Bertz CT molecular complexity index is 427. The minimum Gasteiger partial charge on any atom is -0.439 e. The van der Waals surface area contributed by atoms with Gasteiger partial charge in [0.1, 0.15) is 0 Å². The average Bonchev–Trinajstić information content (AvgIpc) is 2.74. The third kappa shape index (κ3) is 1.61. The van der Waals surface area contributed by atoms with Crippen molar-refractivity contribution in [3.63, 3.8) is 0 Å². The molecule has 2 aromatic rings. The summed E-state index contributed by atoms with van der Waals surface area (Å²) in [5.41, 5.74) is 1.51. The second-order valence-corrected chi connectivity index (χ2v) is 3.92. The van der Waals surface area contributed by atoms with E-state index in [0.29, 0.717) is 5.92 Å². The smallest absolute Gasteiger partial charge is 0.201 e. The van der Waals surface area contributed by atoms with Gasteiger partial charge < -0.3 is 9.73 Å². The summed E-state index contributed by atoms with van der Waals surface area (Å²) in [5, 5.41) is 3.36. The van der Waals surface area contributed by atoms with Crippen LogP contribution in [0.5, 0.6) is 0 Å². The number of fused-ring (bicyclic) bond motifs is 1. The highest BCUT2D eigenvalue weighted by Gasteiger charge is 2.20. The van der Waals surface area contributed by atoms with Crippen LogP contribution in [-0.2, 0) is 0 Å². The number of aromatic nitrogens is 2. The van der Waals surface area contributed by atoms with Crippen LogP contribution < -0.4 is 5.32 Å². The minimum absolute atomic E-state index is 0.410. The zero-order valence-electron chi connectivity index (χ0n) is 8.44. The van der Waals surface area contributed by atoms with E-state index in [1.807, 2.05) is 12.1 Å². The molecule has 0 spiro atoms. The van der Waals surface area contributed by atoms with Gasteiger partial charge in [-0.3, -0.25) is 0 Å². The quantitative estimate of drug-likeness (QED) is 0.766. The first-order chi connectivity index (χ1) is 7.43. The number of oxazole rings is 1. The summed E-state index contributed by atoms with van der Waals surface area (Å²) in [6.45, 7) is 2.07. The van der Waals surface area contributed by atoms with Gasteiger partial charge in [-0.1, -0.05) is 0 Å². The molecule has 3 heterocycles. The third-order valence-corrected chi connectivity index (χ3v) is 2.83. The molecular weight excluding hydrogens is 190 g/mol. The Labute approximate surface area is 87.7 Å². The Morgan fingerprint density at radius 1 is 1.47 bits per heavy atom. The Hall–Kier alpha value is -1.42. The molecule has 1 aliphatic heterocycles. The van der Waals surface area contributed by atoms with E-state index in [1.54, 1.807) is 6.20 Å². The van der Waals surface area contributed by atoms with E-state index >= 15 is 0 Å². The maximum Gasteiger partial charge on any atom is 0.201 e. The van der Waals surface area contributed by atoms with E-state index < -0.39 is 0 Å². The van der Waals surface area contributed by atoms with Gasteiger partial charge >= 0.3 is 0 Å². The SMILES string of the molecule is c1cnc2nc(C3CCCNC3)oc2c1. The lowest BCUT2D eigenvalue weighted by Gasteiger charge is -2.19. The highest BCUT2D eigenvalue weighted by atomic mass is 16.3. The lowest BCUT2D eigenvalue weighted by atomic mass is 10.00. The molecule has 4 nitrogen and oxygen atoms in total. The lowest BCUT2D eigenvalue weighted by Crippen LogP contribution is -2.28. The van der Waals surface area contributed by atoms with Gasteiger partial charge in [0.2, 0.25) is 5.89 Å². The first-order valence-electron chi connectivity index (χ1n) is 5.35. The van der Waals surface area contributed by atoms with Gasteiger partial charge in [0.25, 0.3) is 0 Å². The fraction of sp³-hybridized carbons (Fsp3) is 0.455. The number of rotatable bonds is 1. The number of nitrogens with one attached hydrogen (secondary N) is 1. The van der Waals surface area contributed by atoms with Gasteiger partial charge in [0.05, 0.1) is 0 Å². The molecule has 1 saturated heterocycles. The van der Waals surface area contributed by atoms with Gasteiger partial charge in [-0.15, -0.1) is 0 Å². The molecule has 0 bridgehead atoms. The van der Waals surface area contributed by atoms with Crippen LogP contribution in [0.2, 0.25) is 0 Å². The van der Waals surface area contributed by atoms with E-state index in [2.05, 4.69) is 15.3 Å². The molecule has 3 rings (SSSR count). The predicted molar refractivity (Wildman–Crippen MR) is 56.6 cm³/mol. The molecule has 0 radical (unpaired) electrons. The van der Waals surface area contributed by atoms with Gasteiger partial charge in [0, 0.05) is 18.7 Å². The molecule has 0 amide bonds. The standard InChI is InChI=1S/C11H13N3O/c1-3-8(7-12-5-1)11-14-10-9(15-11)4-2-6-13-10/h2,4,6,8,12H,1,3,5,7H2. The van der Waals surface area contributed by atoms with Crippen molar-refractivity contribution < 1.29 is 4.42 Å². The molecule has 1 aliphatic rings. The van der Waals surface area contributed by atoms with Crippen molar-refractivity contribution in [3.8, 4) is 0 Å². The zero-order chi connectivity index (χ0) is 10.1. The van der Waals surface area contributed by atoms with E-state index in [4.69, 9.17) is 4.42 Å². The largest absolute Gasteiger partial charge is 0.439 e. The van der Waals surface area contributed by atoms with Gasteiger partial charge in [0.15, 0.2) is 11.2 Å². The molecule has 0 aromatic carbocycles. The summed E-state index contributed by atoms with van der Waals surface area (Å²) in [5.74, 6) is 1.24. The van der Waals surface area contributed by atoms with Crippen molar-refractivity contribution in [3.05, 3.63) is 24.2 Å². The summed E-state index contributed by atoms with van der Waals surface area (Å²) in [7, 11) is 0. The number of pyridine rings is 1. The average molecular weight is 203 g/mol. The van der Waals surface area contributed by atoms with Crippen LogP contribution in [-0.4, -0.2) is 23.1 Å². The monoisotopic (exact) mass is 203 g/mol. The number of hydrogen-bond donors (Lipinski definition) is 1. The summed E-state index contributed by atoms with van der Waals surface area (Å²) in [6, 6.07) is 3.78. The minimum atomic E-state index is 0.410. The van der Waals surface area contributed by atoms with Crippen LogP contribution >= 0.6 is 0 Å². The Balaban J connectivity index is 1.96. The van der Waals surface area contributed by atoms with Crippen molar-refractivity contribution in [1.29, 1.82) is 0 Å². The highest BCUT2D eigenvalue weighted by Crippen LogP contribution is 2.24. The molecule has 78 valence electrons. The van der Waals surface area contributed by atoms with Crippen LogP contribution in [0, 0.1) is 0 Å². The number of hydrogen-bond acceptors (Lipinski definition) is 4. The molecule has 2 aromatic heterocycles. The van der Waals surface area contributed by atoms with Crippen molar-refractivity contribution in [2.45, 2.75) is 18.8 Å². The molecule has 1 fully saturated rings. The number of nitrogens with zero attached hydrogens (tertiary/aromatic N) is 2. The fourth-order valence-electron chi connectivity index (χ4n) is 2.02. The first kappa shape index (κ1) is 8.85. The molecule has 4 heteroatoms. The molecule has 1 unspecified atom stereocenters. The van der Waals surface area contributed by atoms with Crippen LogP contribution in [0.3, 0.4) is 0 Å². The maximum absolute atomic E-state index is 5.69. The Morgan fingerprint density at radius 2 is 2.47 bits per heavy atom. The van der Waals surface area contributed by atoms with Crippen molar-refractivity contribution in [2.75, 3.05) is 13.1 Å². The molecule has 1 atom stereocenters. The predicted octanol–water partition coefficient (Wildman–Crippen LogP) is 1.69. The van der Waals surface area contributed by atoms with Crippen molar-refractivity contribution in [2.24, 2.45) is 0 Å². The fourth-order valence-corrected chi connectivity index (χ4v) is 2.02. The normalized spacial score (nSPS) is 22.0. The second-order valence-electron chi connectivity index (χ2n) is 3.92. The Morgan fingerprint density at radius 3 is 3.27 bits per heavy atom. The summed E-state index contributed by atoms with van der Waals surface area (Å²) < 4.78 is 5.69. The van der Waals surface area contributed by atoms with E-state index in [0.717, 1.165) is 36.6 Å². The van der Waals surface area contributed by atoms with Gasteiger partial charge in [-0.25, -0.2) is 4.98 Å². The van der Waals surface area contributed by atoms with Gasteiger partial charge in [-0.2, -0.15) is 4.98 Å². The third-order valence-electron chi connectivity index (χ3n) is 2.83. The summed E-state index contributed by atoms with van der Waals surface area (Å²) >= 11 is 0. The molecular formula is C11H13N3O. The van der Waals surface area contributed by atoms with Crippen LogP contribution in [0.4, 0.5) is 0 Å². The zero-order valence-corrected chi connectivity index (χ0v) is 8.44. The molecule has 0 aliphatic carbocycles. The maximum atomic E-state index is 5.69. The van der Waals surface area contributed by atoms with Crippen LogP contribution in [0.15, 0.2) is 22.7 Å². The van der Waals surface area contributed by atoms with Gasteiger partial charge in [-0.05, 0) is 31.5 Å². The topological polar surface area (TPSA) is 51.0 Å². The highest BCUT2D eigenvalue weighted by molar-refractivity contribution is 5.66. The van der Waals surface area contributed by atoms with E-state index in [9.17, 15) is 0 Å². The molecule has 0 saturated carbocycles. The van der Waals surface area contributed by atoms with E-state index in [1.165, 1.54) is 6.42 Å². The first-order valence-corrected chi connectivity index (χ1v) is 5.35.